The first-order valence-corrected chi connectivity index (χ1v) is 9.39. The summed E-state index contributed by atoms with van der Waals surface area (Å²) in [5, 5.41) is 0.676. The van der Waals surface area contributed by atoms with Crippen molar-refractivity contribution in [3.63, 3.8) is 0 Å². The van der Waals surface area contributed by atoms with Gasteiger partial charge in [-0.1, -0.05) is 0 Å². The Kier molecular flexibility index (Phi) is 6.99. The van der Waals surface area contributed by atoms with Gasteiger partial charge in [0.1, 0.15) is 11.6 Å². The molecule has 168 valence electrons. The van der Waals surface area contributed by atoms with E-state index in [0.29, 0.717) is 6.07 Å². The maximum Gasteiger partial charge on any atom is 0.445 e. The highest BCUT2D eigenvalue weighted by molar-refractivity contribution is 7.90. The van der Waals surface area contributed by atoms with Gasteiger partial charge in [0.2, 0.25) is 11.7 Å². The number of sulfonamides is 1. The molecule has 0 aromatic carbocycles. The van der Waals surface area contributed by atoms with Crippen molar-refractivity contribution in [2.24, 2.45) is 0 Å². The Balaban J connectivity index is 2.35. The van der Waals surface area contributed by atoms with Crippen LogP contribution in [0, 0.1) is 0 Å². The zero-order chi connectivity index (χ0) is 23.4. The van der Waals surface area contributed by atoms with Crippen LogP contribution in [0.5, 0.6) is 11.6 Å². The SMILES string of the molecule is COc1cc(NC(=O)NS(=O)(=O)c2ncccc2/C(F)=C(/F)C(F)(F)F)nc(OC)c1. The number of carbonyl (C=O) groups is 1. The van der Waals surface area contributed by atoms with Crippen molar-refractivity contribution in [1.29, 1.82) is 0 Å². The number of aromatic nitrogens is 2. The standard InChI is InChI=1S/C16H13F5N4O5S/c1-29-8-6-10(23-11(7-8)30-2)24-15(26)25-31(27,28)14-9(4-3-5-22-14)12(17)13(18)16(19,20)21/h3-7H,1-2H3,(H2,23,24,25,26)/b13-12-. The molecule has 0 saturated carbocycles. The summed E-state index contributed by atoms with van der Waals surface area (Å²) in [4.78, 5) is 19.1. The number of alkyl halides is 3. The van der Waals surface area contributed by atoms with E-state index in [9.17, 15) is 35.2 Å². The Morgan fingerprint density at radius 3 is 2.39 bits per heavy atom. The van der Waals surface area contributed by atoms with Gasteiger partial charge in [-0.2, -0.15) is 31.0 Å². The van der Waals surface area contributed by atoms with E-state index in [1.807, 2.05) is 5.32 Å². The maximum absolute atomic E-state index is 14.0. The highest BCUT2D eigenvalue weighted by atomic mass is 32.2. The van der Waals surface area contributed by atoms with Gasteiger partial charge in [0.05, 0.1) is 19.8 Å². The van der Waals surface area contributed by atoms with Crippen LogP contribution in [0.15, 0.2) is 41.3 Å². The molecule has 2 N–H and O–H groups in total. The highest BCUT2D eigenvalue weighted by Gasteiger charge is 2.40. The molecule has 0 aliphatic heterocycles. The summed E-state index contributed by atoms with van der Waals surface area (Å²) in [5.41, 5.74) is -1.33. The summed E-state index contributed by atoms with van der Waals surface area (Å²) < 4.78 is 101. The van der Waals surface area contributed by atoms with E-state index in [1.165, 1.54) is 31.1 Å². The van der Waals surface area contributed by atoms with Gasteiger partial charge < -0.3 is 9.47 Å². The molecule has 15 heteroatoms. The lowest BCUT2D eigenvalue weighted by molar-refractivity contribution is -0.108. The molecule has 9 nitrogen and oxygen atoms in total. The molecule has 0 unspecified atom stereocenters. The van der Waals surface area contributed by atoms with E-state index in [2.05, 4.69) is 9.97 Å². The zero-order valence-electron chi connectivity index (χ0n) is 15.6. The first kappa shape index (κ1) is 23.8. The lowest BCUT2D eigenvalue weighted by Crippen LogP contribution is -2.35. The summed E-state index contributed by atoms with van der Waals surface area (Å²) in [6, 6.07) is 2.55. The summed E-state index contributed by atoms with van der Waals surface area (Å²) in [5.74, 6) is -5.71. The number of allylic oxidation sites excluding steroid dienone is 1. The van der Waals surface area contributed by atoms with E-state index in [0.717, 1.165) is 12.3 Å². The minimum atomic E-state index is -5.71. The van der Waals surface area contributed by atoms with Gasteiger partial charge in [0, 0.05) is 18.3 Å². The third-order valence-electron chi connectivity index (χ3n) is 3.39. The number of nitrogens with zero attached hydrogens (tertiary/aromatic N) is 2. The lowest BCUT2D eigenvalue weighted by Gasteiger charge is -2.12. The molecule has 0 bridgehead atoms. The van der Waals surface area contributed by atoms with Gasteiger partial charge in [-0.05, 0) is 12.1 Å². The van der Waals surface area contributed by atoms with Crippen LogP contribution in [0.2, 0.25) is 0 Å². The predicted molar refractivity (Wildman–Crippen MR) is 96.1 cm³/mol. The maximum atomic E-state index is 14.0. The van der Waals surface area contributed by atoms with Gasteiger partial charge in [0.25, 0.3) is 10.0 Å². The number of amides is 2. The molecule has 0 saturated heterocycles. The molecule has 2 rings (SSSR count). The zero-order valence-corrected chi connectivity index (χ0v) is 16.4. The van der Waals surface area contributed by atoms with Crippen LogP contribution in [0.3, 0.4) is 0 Å². The highest BCUT2D eigenvalue weighted by Crippen LogP contribution is 2.35. The number of hydrogen-bond acceptors (Lipinski definition) is 7. The second-order valence-electron chi connectivity index (χ2n) is 5.48. The third kappa shape index (κ3) is 5.78. The van der Waals surface area contributed by atoms with Crippen LogP contribution in [-0.2, 0) is 10.0 Å². The van der Waals surface area contributed by atoms with Crippen molar-refractivity contribution in [2.75, 3.05) is 19.5 Å². The molecule has 0 aliphatic carbocycles. The number of methoxy groups -OCH3 is 2. The molecule has 2 aromatic rings. The smallest absolute Gasteiger partial charge is 0.445 e. The predicted octanol–water partition coefficient (Wildman–Crippen LogP) is 3.17. The third-order valence-corrected chi connectivity index (χ3v) is 4.68. The summed E-state index contributed by atoms with van der Waals surface area (Å²) in [7, 11) is -2.47. The van der Waals surface area contributed by atoms with Crippen molar-refractivity contribution < 1.29 is 44.6 Å². The molecule has 31 heavy (non-hydrogen) atoms. The fraction of sp³-hybridized carbons (Fsp3) is 0.188. The van der Waals surface area contributed by atoms with E-state index in [4.69, 9.17) is 9.47 Å². The molecule has 2 amide bonds. The largest absolute Gasteiger partial charge is 0.496 e. The van der Waals surface area contributed by atoms with Crippen LogP contribution in [-0.4, -0.2) is 44.8 Å². The number of carbonyl (C=O) groups excluding carboxylic acids is 1. The van der Waals surface area contributed by atoms with Gasteiger partial charge in [-0.15, -0.1) is 0 Å². The lowest BCUT2D eigenvalue weighted by atomic mass is 10.2. The van der Waals surface area contributed by atoms with E-state index >= 15 is 0 Å². The normalized spacial score (nSPS) is 12.6. The topological polar surface area (TPSA) is 120 Å². The van der Waals surface area contributed by atoms with Gasteiger partial charge >= 0.3 is 12.2 Å². The van der Waals surface area contributed by atoms with Crippen LogP contribution in [0.4, 0.5) is 32.6 Å². The summed E-state index contributed by atoms with van der Waals surface area (Å²) in [6.07, 6.45) is -4.91. The fourth-order valence-corrected chi connectivity index (χ4v) is 3.13. The van der Waals surface area contributed by atoms with E-state index in [-0.39, 0.29) is 17.4 Å². The van der Waals surface area contributed by atoms with Crippen molar-refractivity contribution in [2.45, 2.75) is 11.2 Å². The number of hydrogen-bond donors (Lipinski definition) is 2. The Hall–Kier alpha value is -3.49. The fourth-order valence-electron chi connectivity index (χ4n) is 2.09. The van der Waals surface area contributed by atoms with Gasteiger partial charge in [0.15, 0.2) is 10.9 Å². The van der Waals surface area contributed by atoms with E-state index in [1.54, 1.807) is 0 Å². The van der Waals surface area contributed by atoms with Gasteiger partial charge in [-0.25, -0.2) is 18.9 Å². The Morgan fingerprint density at radius 2 is 1.81 bits per heavy atom. The Labute approximate surface area is 172 Å². The van der Waals surface area contributed by atoms with Gasteiger partial charge in [-0.3, -0.25) is 5.32 Å². The van der Waals surface area contributed by atoms with Crippen molar-refractivity contribution in [3.05, 3.63) is 41.9 Å². The molecule has 0 spiro atoms. The minimum absolute atomic E-state index is 0.000599. The quantitative estimate of drug-likeness (QED) is 0.625. The second kappa shape index (κ2) is 9.11. The number of ether oxygens (including phenoxy) is 2. The summed E-state index contributed by atoms with van der Waals surface area (Å²) in [6.45, 7) is 0. The number of urea groups is 1. The first-order valence-electron chi connectivity index (χ1n) is 7.90. The molecule has 0 aliphatic rings. The van der Waals surface area contributed by atoms with Crippen molar-refractivity contribution >= 4 is 27.7 Å². The van der Waals surface area contributed by atoms with Crippen LogP contribution < -0.4 is 19.5 Å². The molecule has 0 radical (unpaired) electrons. The van der Waals surface area contributed by atoms with Crippen molar-refractivity contribution in [3.8, 4) is 11.6 Å². The Bertz CT molecular complexity index is 1100. The summed E-state index contributed by atoms with van der Waals surface area (Å²) >= 11 is 0. The van der Waals surface area contributed by atoms with E-state index < -0.39 is 44.5 Å². The molecular formula is C16H13F5N4O5S. The number of anilines is 1. The van der Waals surface area contributed by atoms with Crippen LogP contribution in [0.1, 0.15) is 5.56 Å². The first-order chi connectivity index (χ1) is 14.4. The molecule has 0 atom stereocenters. The number of rotatable bonds is 6. The monoisotopic (exact) mass is 468 g/mol. The molecular weight excluding hydrogens is 455 g/mol. The number of halogens is 5. The molecule has 2 aromatic heterocycles. The number of pyridine rings is 2. The average Bonchev–Trinajstić information content (AvgIpc) is 2.71. The minimum Gasteiger partial charge on any atom is -0.496 e. The molecule has 2 heterocycles. The molecule has 0 fully saturated rings. The van der Waals surface area contributed by atoms with Crippen LogP contribution in [0.25, 0.3) is 5.83 Å². The van der Waals surface area contributed by atoms with Crippen molar-refractivity contribution in [1.82, 2.24) is 14.7 Å². The average molecular weight is 468 g/mol. The Morgan fingerprint density at radius 1 is 1.13 bits per heavy atom. The number of nitrogens with one attached hydrogen (secondary N) is 2. The second-order valence-corrected chi connectivity index (χ2v) is 7.07. The van der Waals surface area contributed by atoms with Crippen LogP contribution >= 0.6 is 0 Å².